The summed E-state index contributed by atoms with van der Waals surface area (Å²) in [5.74, 6) is 1.34. The first kappa shape index (κ1) is 17.2. The maximum Gasteiger partial charge on any atom is 0.223 e. The van der Waals surface area contributed by atoms with Crippen molar-refractivity contribution in [3.8, 4) is 0 Å². The van der Waals surface area contributed by atoms with Crippen LogP contribution in [0.3, 0.4) is 0 Å². The number of rotatable bonds is 5. The van der Waals surface area contributed by atoms with Gasteiger partial charge in [-0.05, 0) is 38.1 Å². The standard InChI is InChI=1S/C18H29N5O/c1-21(16-5-9-19-10-6-16)18(24)7-11-22-12-14-23(15-13-22)17-4-2-3-8-20-17/h2-4,8,16,19H,5-7,9-15H2,1H3. The van der Waals surface area contributed by atoms with Crippen molar-refractivity contribution in [2.24, 2.45) is 0 Å². The lowest BCUT2D eigenvalue weighted by Gasteiger charge is -2.36. The lowest BCUT2D eigenvalue weighted by molar-refractivity contribution is -0.132. The predicted octanol–water partition coefficient (Wildman–Crippen LogP) is 0.804. The van der Waals surface area contributed by atoms with E-state index in [1.54, 1.807) is 0 Å². The highest BCUT2D eigenvalue weighted by Gasteiger charge is 2.23. The second-order valence-corrected chi connectivity index (χ2v) is 6.75. The number of piperidine rings is 1. The summed E-state index contributed by atoms with van der Waals surface area (Å²) in [6.45, 7) is 6.88. The predicted molar refractivity (Wildman–Crippen MR) is 96.2 cm³/mol. The van der Waals surface area contributed by atoms with E-state index in [0.717, 1.165) is 64.5 Å². The molecule has 0 saturated carbocycles. The Morgan fingerprint density at radius 1 is 1.25 bits per heavy atom. The third-order valence-corrected chi connectivity index (χ3v) is 5.24. The smallest absolute Gasteiger partial charge is 0.223 e. The average molecular weight is 331 g/mol. The first-order chi connectivity index (χ1) is 11.7. The van der Waals surface area contributed by atoms with Gasteiger partial charge in [0, 0.05) is 58.4 Å². The van der Waals surface area contributed by atoms with Crippen LogP contribution in [0.25, 0.3) is 0 Å². The zero-order valence-corrected chi connectivity index (χ0v) is 14.7. The summed E-state index contributed by atoms with van der Waals surface area (Å²) in [5.41, 5.74) is 0. The first-order valence-corrected chi connectivity index (χ1v) is 9.09. The molecule has 0 bridgehead atoms. The van der Waals surface area contributed by atoms with Crippen molar-refractivity contribution in [2.75, 3.05) is 57.8 Å². The SMILES string of the molecule is CN(C(=O)CCN1CCN(c2ccccn2)CC1)C1CCNCC1. The number of carbonyl (C=O) groups excluding carboxylic acids is 1. The van der Waals surface area contributed by atoms with Gasteiger partial charge >= 0.3 is 0 Å². The van der Waals surface area contributed by atoms with Gasteiger partial charge in [0.15, 0.2) is 0 Å². The van der Waals surface area contributed by atoms with Crippen molar-refractivity contribution in [1.29, 1.82) is 0 Å². The Bertz CT molecular complexity index is 509. The van der Waals surface area contributed by atoms with Gasteiger partial charge in [0.25, 0.3) is 0 Å². The van der Waals surface area contributed by atoms with Crippen LogP contribution in [-0.2, 0) is 4.79 Å². The molecule has 1 N–H and O–H groups in total. The van der Waals surface area contributed by atoms with E-state index in [9.17, 15) is 4.79 Å². The molecule has 0 aromatic carbocycles. The molecule has 2 saturated heterocycles. The highest BCUT2D eigenvalue weighted by molar-refractivity contribution is 5.76. The Hall–Kier alpha value is -1.66. The molecule has 0 unspecified atom stereocenters. The molecular weight excluding hydrogens is 302 g/mol. The van der Waals surface area contributed by atoms with E-state index in [1.165, 1.54) is 0 Å². The van der Waals surface area contributed by atoms with E-state index in [-0.39, 0.29) is 5.91 Å². The quantitative estimate of drug-likeness (QED) is 0.865. The molecule has 2 aliphatic heterocycles. The van der Waals surface area contributed by atoms with Gasteiger partial charge in [-0.3, -0.25) is 9.69 Å². The summed E-state index contributed by atoms with van der Waals surface area (Å²) >= 11 is 0. The Labute approximate surface area is 144 Å². The van der Waals surface area contributed by atoms with Crippen LogP contribution in [0.5, 0.6) is 0 Å². The minimum atomic E-state index is 0.286. The monoisotopic (exact) mass is 331 g/mol. The van der Waals surface area contributed by atoms with Gasteiger partial charge < -0.3 is 15.1 Å². The maximum atomic E-state index is 12.4. The van der Waals surface area contributed by atoms with E-state index in [1.807, 2.05) is 30.3 Å². The lowest BCUT2D eigenvalue weighted by atomic mass is 10.1. The number of anilines is 1. The summed E-state index contributed by atoms with van der Waals surface area (Å²) in [6, 6.07) is 6.46. The zero-order valence-electron chi connectivity index (χ0n) is 14.7. The van der Waals surface area contributed by atoms with Crippen molar-refractivity contribution in [1.82, 2.24) is 20.1 Å². The van der Waals surface area contributed by atoms with E-state index < -0.39 is 0 Å². The molecule has 1 amide bonds. The normalized spacial score (nSPS) is 20.1. The number of nitrogens with zero attached hydrogens (tertiary/aromatic N) is 4. The molecule has 0 aliphatic carbocycles. The van der Waals surface area contributed by atoms with Gasteiger partial charge in [-0.1, -0.05) is 6.07 Å². The van der Waals surface area contributed by atoms with E-state index in [4.69, 9.17) is 0 Å². The van der Waals surface area contributed by atoms with Crippen LogP contribution in [0, 0.1) is 0 Å². The number of pyridine rings is 1. The molecule has 6 nitrogen and oxygen atoms in total. The number of nitrogens with one attached hydrogen (secondary N) is 1. The topological polar surface area (TPSA) is 51.7 Å². The fourth-order valence-electron chi connectivity index (χ4n) is 3.57. The fourth-order valence-corrected chi connectivity index (χ4v) is 3.57. The highest BCUT2D eigenvalue weighted by atomic mass is 16.2. The lowest BCUT2D eigenvalue weighted by Crippen LogP contribution is -2.48. The van der Waals surface area contributed by atoms with Crippen LogP contribution in [-0.4, -0.2) is 79.6 Å². The number of hydrogen-bond donors (Lipinski definition) is 1. The Kier molecular flexibility index (Phi) is 6.04. The fraction of sp³-hybridized carbons (Fsp3) is 0.667. The summed E-state index contributed by atoms with van der Waals surface area (Å²) in [7, 11) is 1.97. The summed E-state index contributed by atoms with van der Waals surface area (Å²) in [5, 5.41) is 3.35. The minimum Gasteiger partial charge on any atom is -0.354 e. The maximum absolute atomic E-state index is 12.4. The van der Waals surface area contributed by atoms with Crippen LogP contribution >= 0.6 is 0 Å². The molecule has 1 aromatic heterocycles. The van der Waals surface area contributed by atoms with Crippen LogP contribution in [0.1, 0.15) is 19.3 Å². The van der Waals surface area contributed by atoms with Crippen molar-refractivity contribution in [3.05, 3.63) is 24.4 Å². The van der Waals surface area contributed by atoms with E-state index in [0.29, 0.717) is 12.5 Å². The second kappa shape index (κ2) is 8.44. The van der Waals surface area contributed by atoms with Crippen LogP contribution in [0.15, 0.2) is 24.4 Å². The van der Waals surface area contributed by atoms with Gasteiger partial charge in [-0.25, -0.2) is 4.98 Å². The number of piperazine rings is 1. The molecule has 0 radical (unpaired) electrons. The van der Waals surface area contributed by atoms with Crippen molar-refractivity contribution < 1.29 is 4.79 Å². The molecule has 2 fully saturated rings. The molecular formula is C18H29N5O. The molecule has 132 valence electrons. The largest absolute Gasteiger partial charge is 0.354 e. The molecule has 0 atom stereocenters. The van der Waals surface area contributed by atoms with E-state index >= 15 is 0 Å². The molecule has 1 aromatic rings. The minimum absolute atomic E-state index is 0.286. The summed E-state index contributed by atoms with van der Waals surface area (Å²) in [6.07, 6.45) is 4.62. The molecule has 3 heterocycles. The Balaban J connectivity index is 1.39. The van der Waals surface area contributed by atoms with Crippen molar-refractivity contribution in [3.63, 3.8) is 0 Å². The van der Waals surface area contributed by atoms with Gasteiger partial charge in [-0.2, -0.15) is 0 Å². The Morgan fingerprint density at radius 2 is 2.00 bits per heavy atom. The first-order valence-electron chi connectivity index (χ1n) is 9.09. The molecule has 6 heteroatoms. The van der Waals surface area contributed by atoms with Crippen molar-refractivity contribution >= 4 is 11.7 Å². The number of amides is 1. The molecule has 2 aliphatic rings. The number of carbonyl (C=O) groups is 1. The average Bonchev–Trinajstić information content (AvgIpc) is 2.67. The van der Waals surface area contributed by atoms with Crippen LogP contribution in [0.4, 0.5) is 5.82 Å². The van der Waals surface area contributed by atoms with Gasteiger partial charge in [0.2, 0.25) is 5.91 Å². The van der Waals surface area contributed by atoms with Crippen LogP contribution < -0.4 is 10.2 Å². The van der Waals surface area contributed by atoms with Gasteiger partial charge in [0.05, 0.1) is 0 Å². The summed E-state index contributed by atoms with van der Waals surface area (Å²) < 4.78 is 0. The van der Waals surface area contributed by atoms with Crippen molar-refractivity contribution in [2.45, 2.75) is 25.3 Å². The molecule has 0 spiro atoms. The molecule has 24 heavy (non-hydrogen) atoms. The Morgan fingerprint density at radius 3 is 2.67 bits per heavy atom. The van der Waals surface area contributed by atoms with E-state index in [2.05, 4.69) is 26.2 Å². The third-order valence-electron chi connectivity index (χ3n) is 5.24. The van der Waals surface area contributed by atoms with Gasteiger partial charge in [0.1, 0.15) is 5.82 Å². The summed E-state index contributed by atoms with van der Waals surface area (Å²) in [4.78, 5) is 23.5. The number of hydrogen-bond acceptors (Lipinski definition) is 5. The second-order valence-electron chi connectivity index (χ2n) is 6.75. The third kappa shape index (κ3) is 4.45. The van der Waals surface area contributed by atoms with Gasteiger partial charge in [-0.15, -0.1) is 0 Å². The molecule has 3 rings (SSSR count). The van der Waals surface area contributed by atoms with Crippen LogP contribution in [0.2, 0.25) is 0 Å². The zero-order chi connectivity index (χ0) is 16.8. The highest BCUT2D eigenvalue weighted by Crippen LogP contribution is 2.14. The number of aromatic nitrogens is 1.